The van der Waals surface area contributed by atoms with Gasteiger partial charge in [-0.2, -0.15) is 11.8 Å². The Balaban J connectivity index is 1.81. The number of aryl methyl sites for hydroxylation is 1. The van der Waals surface area contributed by atoms with Crippen molar-refractivity contribution in [1.29, 1.82) is 0 Å². The summed E-state index contributed by atoms with van der Waals surface area (Å²) in [6, 6.07) is 7.67. The van der Waals surface area contributed by atoms with Gasteiger partial charge in [0.2, 0.25) is 5.76 Å². The quantitative estimate of drug-likeness (QED) is 0.606. The number of thioether (sulfide) groups is 1. The van der Waals surface area contributed by atoms with Crippen LogP contribution in [-0.2, 0) is 23.5 Å². The first-order valence-electron chi connectivity index (χ1n) is 7.32. The molecule has 0 atom stereocenters. The number of aromatic nitrogens is 1. The van der Waals surface area contributed by atoms with Crippen molar-refractivity contribution in [1.82, 2.24) is 4.98 Å². The Morgan fingerprint density at radius 2 is 2.22 bits per heavy atom. The van der Waals surface area contributed by atoms with Crippen LogP contribution in [0.25, 0.3) is 11.0 Å². The number of carbonyl (C=O) groups is 1. The number of rotatable bonds is 6. The van der Waals surface area contributed by atoms with Gasteiger partial charge in [-0.05, 0) is 18.7 Å². The molecule has 3 rings (SSSR count). The molecule has 0 bridgehead atoms. The standard InChI is InChI=1S/C17H17NO3S2/c1-3-15-18-11(9-23-15)8-20-17(19)16-13(10-22-2)12-6-4-5-7-14(12)21-16/h4-7,9H,3,8,10H2,1-2H3. The van der Waals surface area contributed by atoms with Gasteiger partial charge in [0.25, 0.3) is 0 Å². The number of esters is 1. The van der Waals surface area contributed by atoms with Crippen LogP contribution in [-0.4, -0.2) is 17.2 Å². The molecular weight excluding hydrogens is 330 g/mol. The number of thiazole rings is 1. The van der Waals surface area contributed by atoms with E-state index in [-0.39, 0.29) is 6.61 Å². The van der Waals surface area contributed by atoms with Crippen LogP contribution in [0.3, 0.4) is 0 Å². The van der Waals surface area contributed by atoms with E-state index in [0.29, 0.717) is 17.1 Å². The molecule has 0 unspecified atom stereocenters. The summed E-state index contributed by atoms with van der Waals surface area (Å²) in [7, 11) is 0. The van der Waals surface area contributed by atoms with Crippen LogP contribution >= 0.6 is 23.1 Å². The lowest BCUT2D eigenvalue weighted by molar-refractivity contribution is 0.0433. The van der Waals surface area contributed by atoms with Crippen molar-refractivity contribution < 1.29 is 13.9 Å². The number of carbonyl (C=O) groups excluding carboxylic acids is 1. The molecule has 0 N–H and O–H groups in total. The number of hydrogen-bond donors (Lipinski definition) is 0. The molecule has 0 radical (unpaired) electrons. The van der Waals surface area contributed by atoms with E-state index in [1.807, 2.05) is 35.9 Å². The minimum Gasteiger partial charge on any atom is -0.453 e. The van der Waals surface area contributed by atoms with Crippen LogP contribution in [0.1, 0.15) is 33.7 Å². The Labute approximate surface area is 142 Å². The fourth-order valence-electron chi connectivity index (χ4n) is 2.33. The highest BCUT2D eigenvalue weighted by atomic mass is 32.2. The number of fused-ring (bicyclic) bond motifs is 1. The summed E-state index contributed by atoms with van der Waals surface area (Å²) in [5.74, 6) is 0.570. The van der Waals surface area contributed by atoms with E-state index in [1.165, 1.54) is 0 Å². The predicted molar refractivity (Wildman–Crippen MR) is 94.0 cm³/mol. The highest BCUT2D eigenvalue weighted by Crippen LogP contribution is 2.29. The van der Waals surface area contributed by atoms with Crippen molar-refractivity contribution in [3.8, 4) is 0 Å². The monoisotopic (exact) mass is 347 g/mol. The topological polar surface area (TPSA) is 52.3 Å². The van der Waals surface area contributed by atoms with E-state index < -0.39 is 5.97 Å². The fraction of sp³-hybridized carbons (Fsp3) is 0.294. The maximum atomic E-state index is 12.4. The maximum Gasteiger partial charge on any atom is 0.374 e. The first kappa shape index (κ1) is 16.1. The largest absolute Gasteiger partial charge is 0.453 e. The zero-order valence-corrected chi connectivity index (χ0v) is 14.6. The molecule has 0 amide bonds. The van der Waals surface area contributed by atoms with Crippen molar-refractivity contribution in [2.45, 2.75) is 25.7 Å². The molecule has 2 aromatic heterocycles. The van der Waals surface area contributed by atoms with Gasteiger partial charge in [0.15, 0.2) is 0 Å². The van der Waals surface area contributed by atoms with Crippen LogP contribution in [0, 0.1) is 0 Å². The summed E-state index contributed by atoms with van der Waals surface area (Å²) in [5, 5.41) is 3.94. The number of furan rings is 1. The molecule has 23 heavy (non-hydrogen) atoms. The van der Waals surface area contributed by atoms with E-state index in [9.17, 15) is 4.79 Å². The molecule has 6 heteroatoms. The summed E-state index contributed by atoms with van der Waals surface area (Å²) in [6.07, 6.45) is 2.89. The van der Waals surface area contributed by atoms with Gasteiger partial charge in [-0.1, -0.05) is 25.1 Å². The zero-order chi connectivity index (χ0) is 16.2. The van der Waals surface area contributed by atoms with Gasteiger partial charge in [0.1, 0.15) is 12.2 Å². The third-order valence-electron chi connectivity index (χ3n) is 3.43. The molecule has 2 heterocycles. The average molecular weight is 347 g/mol. The molecule has 0 saturated heterocycles. The van der Waals surface area contributed by atoms with Crippen molar-refractivity contribution in [3.05, 3.63) is 51.7 Å². The van der Waals surface area contributed by atoms with Crippen molar-refractivity contribution >= 4 is 40.0 Å². The van der Waals surface area contributed by atoms with Crippen LogP contribution in [0.2, 0.25) is 0 Å². The lowest BCUT2D eigenvalue weighted by Crippen LogP contribution is -2.06. The molecule has 3 aromatic rings. The number of nitrogens with zero attached hydrogens (tertiary/aromatic N) is 1. The third-order valence-corrected chi connectivity index (χ3v) is 5.04. The van der Waals surface area contributed by atoms with Crippen molar-refractivity contribution in [3.63, 3.8) is 0 Å². The Kier molecular flexibility index (Phi) is 5.03. The van der Waals surface area contributed by atoms with E-state index in [0.717, 1.165) is 28.1 Å². The normalized spacial score (nSPS) is 11.0. The zero-order valence-electron chi connectivity index (χ0n) is 13.0. The summed E-state index contributed by atoms with van der Waals surface area (Å²) in [5.41, 5.74) is 2.39. The Bertz CT molecular complexity index is 822. The molecule has 0 spiro atoms. The molecule has 0 fully saturated rings. The first-order valence-corrected chi connectivity index (χ1v) is 9.60. The number of benzene rings is 1. The second kappa shape index (κ2) is 7.19. The van der Waals surface area contributed by atoms with Crippen LogP contribution in [0.5, 0.6) is 0 Å². The fourth-order valence-corrected chi connectivity index (χ4v) is 3.64. The van der Waals surface area contributed by atoms with E-state index in [2.05, 4.69) is 11.9 Å². The SMILES string of the molecule is CCc1nc(COC(=O)c2oc3ccccc3c2CSC)cs1. The second-order valence-corrected chi connectivity index (χ2v) is 6.81. The maximum absolute atomic E-state index is 12.4. The molecular formula is C17H17NO3S2. The number of para-hydroxylation sites is 1. The smallest absolute Gasteiger partial charge is 0.374 e. The third kappa shape index (κ3) is 3.43. The molecule has 120 valence electrons. The van der Waals surface area contributed by atoms with Crippen LogP contribution < -0.4 is 0 Å². The Hall–Kier alpha value is -1.79. The van der Waals surface area contributed by atoms with Gasteiger partial charge in [-0.15, -0.1) is 11.3 Å². The molecule has 4 nitrogen and oxygen atoms in total. The minimum atomic E-state index is -0.434. The van der Waals surface area contributed by atoms with Crippen LogP contribution in [0.15, 0.2) is 34.1 Å². The van der Waals surface area contributed by atoms with Crippen LogP contribution in [0.4, 0.5) is 0 Å². The summed E-state index contributed by atoms with van der Waals surface area (Å²) >= 11 is 3.23. The summed E-state index contributed by atoms with van der Waals surface area (Å²) in [4.78, 5) is 16.8. The van der Waals surface area contributed by atoms with E-state index in [4.69, 9.17) is 9.15 Å². The lowest BCUT2D eigenvalue weighted by atomic mass is 10.1. The van der Waals surface area contributed by atoms with Gasteiger partial charge < -0.3 is 9.15 Å². The molecule has 0 aliphatic heterocycles. The second-order valence-electron chi connectivity index (χ2n) is 5.00. The molecule has 0 saturated carbocycles. The highest BCUT2D eigenvalue weighted by Gasteiger charge is 2.21. The van der Waals surface area contributed by atoms with Gasteiger partial charge in [0.05, 0.1) is 10.7 Å². The Morgan fingerprint density at radius 1 is 1.39 bits per heavy atom. The molecule has 0 aliphatic carbocycles. The average Bonchev–Trinajstić information content (AvgIpc) is 3.18. The van der Waals surface area contributed by atoms with Crippen molar-refractivity contribution in [2.75, 3.05) is 6.26 Å². The van der Waals surface area contributed by atoms with Crippen molar-refractivity contribution in [2.24, 2.45) is 0 Å². The van der Waals surface area contributed by atoms with Gasteiger partial charge in [-0.25, -0.2) is 9.78 Å². The van der Waals surface area contributed by atoms with E-state index in [1.54, 1.807) is 23.1 Å². The molecule has 0 aliphatic rings. The minimum absolute atomic E-state index is 0.172. The molecule has 1 aromatic carbocycles. The summed E-state index contributed by atoms with van der Waals surface area (Å²) < 4.78 is 11.1. The van der Waals surface area contributed by atoms with E-state index >= 15 is 0 Å². The number of ether oxygens (including phenoxy) is 1. The first-order chi connectivity index (χ1) is 11.2. The Morgan fingerprint density at radius 3 is 2.96 bits per heavy atom. The highest BCUT2D eigenvalue weighted by molar-refractivity contribution is 7.97. The van der Waals surface area contributed by atoms with Gasteiger partial charge in [0, 0.05) is 22.1 Å². The number of hydrogen-bond acceptors (Lipinski definition) is 6. The van der Waals surface area contributed by atoms with Gasteiger partial charge >= 0.3 is 5.97 Å². The predicted octanol–water partition coefficient (Wildman–Crippen LogP) is 4.67. The summed E-state index contributed by atoms with van der Waals surface area (Å²) in [6.45, 7) is 2.23. The lowest BCUT2D eigenvalue weighted by Gasteiger charge is -2.02. The van der Waals surface area contributed by atoms with Gasteiger partial charge in [-0.3, -0.25) is 0 Å².